The second-order valence-corrected chi connectivity index (χ2v) is 14.4. The van der Waals surface area contributed by atoms with Gasteiger partial charge in [0.2, 0.25) is 0 Å². The van der Waals surface area contributed by atoms with Gasteiger partial charge in [0, 0.05) is 23.5 Å². The van der Waals surface area contributed by atoms with Gasteiger partial charge in [0.05, 0.1) is 16.8 Å². The largest absolute Gasteiger partial charge is 0.256 e. The van der Waals surface area contributed by atoms with E-state index in [-0.39, 0.29) is 10.8 Å². The fourth-order valence-electron chi connectivity index (χ4n) is 6.86. The van der Waals surface area contributed by atoms with Crippen LogP contribution in [0.4, 0.5) is 0 Å². The van der Waals surface area contributed by atoms with Crippen LogP contribution in [-0.2, 0) is 16.2 Å². The molecule has 0 unspecified atom stereocenters. The van der Waals surface area contributed by atoms with Crippen molar-refractivity contribution in [1.29, 1.82) is 0 Å². The molecule has 222 valence electrons. The zero-order valence-corrected chi connectivity index (χ0v) is 27.1. The van der Waals surface area contributed by atoms with Gasteiger partial charge in [0.15, 0.2) is 0 Å². The molecule has 1 aliphatic carbocycles. The monoisotopic (exact) mass is 584 g/mol. The average Bonchev–Trinajstić information content (AvgIpc) is 3.35. The number of rotatable bonds is 4. The molecular weight excluding hydrogens is 544 g/mol. The molecule has 0 N–H and O–H groups in total. The molecule has 0 atom stereocenters. The van der Waals surface area contributed by atoms with Gasteiger partial charge in [0.1, 0.15) is 0 Å². The predicted octanol–water partition coefficient (Wildman–Crippen LogP) is 10.8. The minimum absolute atomic E-state index is 0.0572. The van der Waals surface area contributed by atoms with Gasteiger partial charge >= 0.3 is 0 Å². The summed E-state index contributed by atoms with van der Waals surface area (Å²) in [5.74, 6) is 0. The minimum Gasteiger partial charge on any atom is -0.256 e. The number of benzene rings is 4. The second kappa shape index (κ2) is 10.7. The third-order valence-electron chi connectivity index (χ3n) is 9.39. The molecule has 2 nitrogen and oxygen atoms in total. The number of hydrogen-bond donors (Lipinski definition) is 0. The lowest BCUT2D eigenvalue weighted by atomic mass is 9.67. The molecule has 6 aromatic rings. The lowest BCUT2D eigenvalue weighted by Gasteiger charge is -2.34. The highest BCUT2D eigenvalue weighted by Crippen LogP contribution is 2.56. The van der Waals surface area contributed by atoms with Gasteiger partial charge < -0.3 is 0 Å². The molecule has 0 amide bonds. The lowest BCUT2D eigenvalue weighted by molar-refractivity contribution is 0.587. The highest BCUT2D eigenvalue weighted by molar-refractivity contribution is 5.87. The summed E-state index contributed by atoms with van der Waals surface area (Å²) < 4.78 is 0. The molecule has 2 heterocycles. The first kappa shape index (κ1) is 28.9. The van der Waals surface area contributed by atoms with E-state index < -0.39 is 5.41 Å². The van der Waals surface area contributed by atoms with Crippen LogP contribution in [0.25, 0.3) is 33.6 Å². The maximum absolute atomic E-state index is 4.94. The first-order chi connectivity index (χ1) is 21.6. The number of aromatic nitrogens is 2. The summed E-state index contributed by atoms with van der Waals surface area (Å²) in [4.78, 5) is 9.87. The molecule has 2 aromatic heterocycles. The molecule has 0 saturated carbocycles. The van der Waals surface area contributed by atoms with Crippen LogP contribution in [0.2, 0.25) is 0 Å². The Morgan fingerprint density at radius 2 is 0.867 bits per heavy atom. The quantitative estimate of drug-likeness (QED) is 0.206. The van der Waals surface area contributed by atoms with Crippen molar-refractivity contribution in [3.63, 3.8) is 0 Å². The Labute approximate surface area is 267 Å². The average molecular weight is 585 g/mol. The van der Waals surface area contributed by atoms with E-state index in [1.54, 1.807) is 0 Å². The Bertz CT molecular complexity index is 1850. The van der Waals surface area contributed by atoms with Crippen LogP contribution in [0.15, 0.2) is 134 Å². The van der Waals surface area contributed by atoms with Crippen LogP contribution in [0.3, 0.4) is 0 Å². The normalized spacial score (nSPS) is 13.7. The molecular formula is C43H40N2. The van der Waals surface area contributed by atoms with Crippen LogP contribution < -0.4 is 0 Å². The van der Waals surface area contributed by atoms with Gasteiger partial charge in [-0.05, 0) is 79.6 Å². The Morgan fingerprint density at radius 1 is 0.444 bits per heavy atom. The van der Waals surface area contributed by atoms with Crippen molar-refractivity contribution in [2.45, 2.75) is 57.8 Å². The van der Waals surface area contributed by atoms with Crippen molar-refractivity contribution in [1.82, 2.24) is 9.97 Å². The Balaban J connectivity index is 1.45. The Kier molecular flexibility index (Phi) is 6.85. The standard InChI is InChI=1S/C43H40N2/c1-41(2,3)33-21-23-39(44-27-33)29-13-11-15-31(25-29)43(37-19-9-7-17-35(37)36-18-8-10-20-38(36)43)32-16-12-14-30(26-32)40-24-22-34(28-45-40)42(4,5)6/h7-28H,1-6H3. The van der Waals surface area contributed by atoms with E-state index in [9.17, 15) is 0 Å². The fourth-order valence-corrected chi connectivity index (χ4v) is 6.86. The van der Waals surface area contributed by atoms with Crippen molar-refractivity contribution in [2.24, 2.45) is 0 Å². The van der Waals surface area contributed by atoms with Crippen LogP contribution in [-0.4, -0.2) is 9.97 Å². The van der Waals surface area contributed by atoms with Gasteiger partial charge in [-0.1, -0.05) is 139 Å². The van der Waals surface area contributed by atoms with Crippen molar-refractivity contribution in [2.75, 3.05) is 0 Å². The number of nitrogens with zero attached hydrogens (tertiary/aromatic N) is 2. The summed E-state index contributed by atoms with van der Waals surface area (Å²) in [6.07, 6.45) is 4.05. The van der Waals surface area contributed by atoms with Crippen LogP contribution in [0, 0.1) is 0 Å². The molecule has 1 aliphatic rings. The van der Waals surface area contributed by atoms with Gasteiger partial charge in [-0.2, -0.15) is 0 Å². The number of fused-ring (bicyclic) bond motifs is 3. The molecule has 45 heavy (non-hydrogen) atoms. The van der Waals surface area contributed by atoms with Gasteiger partial charge in [0.25, 0.3) is 0 Å². The zero-order valence-electron chi connectivity index (χ0n) is 27.1. The Hall–Kier alpha value is -4.82. The van der Waals surface area contributed by atoms with Gasteiger partial charge in [-0.3, -0.25) is 9.97 Å². The number of pyridine rings is 2. The van der Waals surface area contributed by atoms with E-state index in [4.69, 9.17) is 9.97 Å². The molecule has 2 heteroatoms. The minimum atomic E-state index is -0.504. The van der Waals surface area contributed by atoms with Gasteiger partial charge in [-0.25, -0.2) is 0 Å². The Morgan fingerprint density at radius 3 is 1.24 bits per heavy atom. The van der Waals surface area contributed by atoms with E-state index in [0.29, 0.717) is 0 Å². The van der Waals surface area contributed by atoms with Crippen molar-refractivity contribution < 1.29 is 0 Å². The molecule has 0 radical (unpaired) electrons. The summed E-state index contributed by atoms with van der Waals surface area (Å²) >= 11 is 0. The number of hydrogen-bond acceptors (Lipinski definition) is 2. The molecule has 0 saturated heterocycles. The third-order valence-corrected chi connectivity index (χ3v) is 9.39. The van der Waals surface area contributed by atoms with Crippen LogP contribution in [0.1, 0.15) is 74.9 Å². The van der Waals surface area contributed by atoms with E-state index in [1.807, 2.05) is 12.4 Å². The summed E-state index contributed by atoms with van der Waals surface area (Å²) in [6, 6.07) is 44.6. The van der Waals surface area contributed by atoms with E-state index >= 15 is 0 Å². The molecule has 0 aliphatic heterocycles. The highest BCUT2D eigenvalue weighted by atomic mass is 14.7. The van der Waals surface area contributed by atoms with E-state index in [0.717, 1.165) is 22.5 Å². The molecule has 4 aromatic carbocycles. The van der Waals surface area contributed by atoms with Crippen molar-refractivity contribution in [3.8, 4) is 33.6 Å². The first-order valence-electron chi connectivity index (χ1n) is 15.9. The summed E-state index contributed by atoms with van der Waals surface area (Å²) in [5, 5.41) is 0. The molecule has 0 fully saturated rings. The summed E-state index contributed by atoms with van der Waals surface area (Å²) in [7, 11) is 0. The SMILES string of the molecule is CC(C)(C)c1ccc(-c2cccc(C3(c4cccc(-c5ccc(C(C)(C)C)cn5)c4)c4ccccc4-c4ccccc43)c2)nc1. The lowest BCUT2D eigenvalue weighted by Crippen LogP contribution is -2.28. The summed E-state index contributed by atoms with van der Waals surface area (Å²) in [5.41, 5.74) is 13.9. The maximum atomic E-state index is 4.94. The van der Waals surface area contributed by atoms with Crippen molar-refractivity contribution >= 4 is 0 Å². The second-order valence-electron chi connectivity index (χ2n) is 14.4. The first-order valence-corrected chi connectivity index (χ1v) is 15.9. The van der Waals surface area contributed by atoms with Crippen molar-refractivity contribution in [3.05, 3.63) is 167 Å². The van der Waals surface area contributed by atoms with Crippen LogP contribution >= 0.6 is 0 Å². The van der Waals surface area contributed by atoms with E-state index in [1.165, 1.54) is 44.5 Å². The smallest absolute Gasteiger partial charge is 0.0714 e. The topological polar surface area (TPSA) is 25.8 Å². The third kappa shape index (κ3) is 4.90. The highest BCUT2D eigenvalue weighted by Gasteiger charge is 2.46. The molecule has 0 spiro atoms. The fraction of sp³-hybridized carbons (Fsp3) is 0.209. The van der Waals surface area contributed by atoms with Gasteiger partial charge in [-0.15, -0.1) is 0 Å². The molecule has 7 rings (SSSR count). The predicted molar refractivity (Wildman–Crippen MR) is 188 cm³/mol. The zero-order chi connectivity index (χ0) is 31.4. The summed E-state index contributed by atoms with van der Waals surface area (Å²) in [6.45, 7) is 13.4. The van der Waals surface area contributed by atoms with E-state index in [2.05, 4.69) is 163 Å². The maximum Gasteiger partial charge on any atom is 0.0714 e. The van der Waals surface area contributed by atoms with Crippen LogP contribution in [0.5, 0.6) is 0 Å². The molecule has 0 bridgehead atoms.